The Balaban J connectivity index is 2.55. The van der Waals surface area contributed by atoms with Crippen LogP contribution in [0.25, 0.3) is 0 Å². The van der Waals surface area contributed by atoms with Gasteiger partial charge in [0.1, 0.15) is 0 Å². The van der Waals surface area contributed by atoms with Crippen LogP contribution in [0.15, 0.2) is 24.5 Å². The highest BCUT2D eigenvalue weighted by Gasteiger charge is 2.17. The number of carbonyl (C=O) groups is 1. The van der Waals surface area contributed by atoms with E-state index in [1.54, 1.807) is 12.4 Å². The minimum absolute atomic E-state index is 0.0125. The van der Waals surface area contributed by atoms with E-state index in [1.165, 1.54) is 0 Å². The molecule has 3 N–H and O–H groups in total. The molecule has 106 valence electrons. The van der Waals surface area contributed by atoms with Gasteiger partial charge in [-0.15, -0.1) is 0 Å². The maximum absolute atomic E-state index is 11.8. The van der Waals surface area contributed by atoms with Crippen LogP contribution in [0.5, 0.6) is 0 Å². The molecule has 0 radical (unpaired) electrons. The Morgan fingerprint density at radius 3 is 2.79 bits per heavy atom. The molecule has 19 heavy (non-hydrogen) atoms. The summed E-state index contributed by atoms with van der Waals surface area (Å²) in [6.07, 6.45) is 3.52. The molecule has 0 aliphatic heterocycles. The zero-order valence-corrected chi connectivity index (χ0v) is 12.0. The molecule has 0 saturated heterocycles. The molecule has 0 spiro atoms. The molecule has 0 fully saturated rings. The molecular formula is C14H24N4O. The van der Waals surface area contributed by atoms with Gasteiger partial charge in [0.15, 0.2) is 0 Å². The van der Waals surface area contributed by atoms with Crippen molar-refractivity contribution in [1.29, 1.82) is 0 Å². The summed E-state index contributed by atoms with van der Waals surface area (Å²) in [6, 6.07) is 3.87. The highest BCUT2D eigenvalue weighted by atomic mass is 16.2. The smallest absolute Gasteiger partial charge is 0.234 e. The van der Waals surface area contributed by atoms with E-state index < -0.39 is 0 Å². The lowest BCUT2D eigenvalue weighted by Crippen LogP contribution is -2.40. The Kier molecular flexibility index (Phi) is 6.45. The summed E-state index contributed by atoms with van der Waals surface area (Å²) >= 11 is 0. The average molecular weight is 264 g/mol. The number of nitrogens with two attached hydrogens (primary N) is 1. The molecule has 1 atom stereocenters. The fourth-order valence-corrected chi connectivity index (χ4v) is 1.85. The van der Waals surface area contributed by atoms with Gasteiger partial charge < -0.3 is 11.1 Å². The van der Waals surface area contributed by atoms with E-state index in [2.05, 4.69) is 24.1 Å². The second kappa shape index (κ2) is 7.86. The van der Waals surface area contributed by atoms with Crippen LogP contribution in [0.2, 0.25) is 0 Å². The van der Waals surface area contributed by atoms with Crippen molar-refractivity contribution in [3.8, 4) is 0 Å². The van der Waals surface area contributed by atoms with Crippen LogP contribution >= 0.6 is 0 Å². The van der Waals surface area contributed by atoms with Crippen molar-refractivity contribution >= 4 is 5.91 Å². The monoisotopic (exact) mass is 264 g/mol. The van der Waals surface area contributed by atoms with Gasteiger partial charge in [0.05, 0.1) is 6.54 Å². The van der Waals surface area contributed by atoms with Gasteiger partial charge in [0.25, 0.3) is 0 Å². The Morgan fingerprint density at radius 1 is 1.53 bits per heavy atom. The summed E-state index contributed by atoms with van der Waals surface area (Å²) in [6.45, 7) is 5.64. The number of nitrogens with zero attached hydrogens (tertiary/aromatic N) is 2. The molecule has 0 aliphatic rings. The van der Waals surface area contributed by atoms with Crippen molar-refractivity contribution in [3.63, 3.8) is 0 Å². The summed E-state index contributed by atoms with van der Waals surface area (Å²) in [4.78, 5) is 17.8. The third kappa shape index (κ3) is 5.36. The van der Waals surface area contributed by atoms with E-state index in [9.17, 15) is 4.79 Å². The van der Waals surface area contributed by atoms with Gasteiger partial charge in [-0.2, -0.15) is 0 Å². The number of hydrogen-bond acceptors (Lipinski definition) is 4. The molecular weight excluding hydrogens is 240 g/mol. The van der Waals surface area contributed by atoms with Crippen LogP contribution in [0, 0.1) is 5.92 Å². The molecule has 1 unspecified atom stereocenters. The number of likely N-dealkylation sites (N-methyl/N-ethyl adjacent to an activating group) is 1. The fraction of sp³-hybridized carbons (Fsp3) is 0.571. The quantitative estimate of drug-likeness (QED) is 0.763. The third-order valence-corrected chi connectivity index (χ3v) is 2.92. The predicted octanol–water partition coefficient (Wildman–Crippen LogP) is 0.785. The van der Waals surface area contributed by atoms with Crippen LogP contribution in [-0.2, 0) is 4.79 Å². The third-order valence-electron chi connectivity index (χ3n) is 2.92. The molecule has 1 heterocycles. The number of rotatable bonds is 7. The Labute approximate surface area is 115 Å². The first-order valence-electron chi connectivity index (χ1n) is 6.61. The van der Waals surface area contributed by atoms with E-state index in [4.69, 9.17) is 5.73 Å². The van der Waals surface area contributed by atoms with Gasteiger partial charge >= 0.3 is 0 Å². The first-order valence-corrected chi connectivity index (χ1v) is 6.61. The first kappa shape index (κ1) is 15.6. The molecule has 1 aromatic rings. The minimum Gasteiger partial charge on any atom is -0.355 e. The summed E-state index contributed by atoms with van der Waals surface area (Å²) in [5.74, 6) is 0.483. The van der Waals surface area contributed by atoms with E-state index in [1.807, 2.05) is 24.1 Å². The molecule has 0 aliphatic carbocycles. The molecule has 1 aromatic heterocycles. The lowest BCUT2D eigenvalue weighted by Gasteiger charge is -2.26. The molecule has 0 bridgehead atoms. The number of amides is 1. The normalized spacial score (nSPS) is 12.7. The topological polar surface area (TPSA) is 71.2 Å². The van der Waals surface area contributed by atoms with E-state index in [0.717, 1.165) is 5.56 Å². The Bertz CT molecular complexity index is 380. The average Bonchev–Trinajstić information content (AvgIpc) is 2.38. The summed E-state index contributed by atoms with van der Waals surface area (Å²) in [5.41, 5.74) is 6.83. The van der Waals surface area contributed by atoms with Crippen molar-refractivity contribution in [1.82, 2.24) is 15.2 Å². The number of carbonyl (C=O) groups excluding carboxylic acids is 1. The number of pyridine rings is 1. The lowest BCUT2D eigenvalue weighted by molar-refractivity contribution is -0.122. The van der Waals surface area contributed by atoms with Crippen LogP contribution in [-0.4, -0.2) is 42.5 Å². The first-order chi connectivity index (χ1) is 9.04. The largest absolute Gasteiger partial charge is 0.355 e. The summed E-state index contributed by atoms with van der Waals surface area (Å²) in [7, 11) is 1.90. The number of aromatic nitrogens is 1. The zero-order valence-electron chi connectivity index (χ0n) is 12.0. The van der Waals surface area contributed by atoms with Gasteiger partial charge in [-0.1, -0.05) is 19.9 Å². The molecule has 1 amide bonds. The van der Waals surface area contributed by atoms with Crippen LogP contribution in [0.1, 0.15) is 25.5 Å². The van der Waals surface area contributed by atoms with E-state index >= 15 is 0 Å². The van der Waals surface area contributed by atoms with Crippen molar-refractivity contribution in [2.75, 3.05) is 26.7 Å². The molecule has 5 heteroatoms. The standard InChI is InChI=1S/C14H24N4O/c1-11(2)8-17-14(19)10-18(3)13(7-15)12-5-4-6-16-9-12/h4-6,9,11,13H,7-8,10,15H2,1-3H3,(H,17,19). The minimum atomic E-state index is 0.0125. The van der Waals surface area contributed by atoms with Crippen molar-refractivity contribution < 1.29 is 4.79 Å². The summed E-state index contributed by atoms with van der Waals surface area (Å²) in [5, 5.41) is 2.91. The maximum Gasteiger partial charge on any atom is 0.234 e. The van der Waals surface area contributed by atoms with Gasteiger partial charge in [0, 0.05) is 31.5 Å². The Hall–Kier alpha value is -1.46. The predicted molar refractivity (Wildman–Crippen MR) is 76.5 cm³/mol. The second-order valence-corrected chi connectivity index (χ2v) is 5.15. The SMILES string of the molecule is CC(C)CNC(=O)CN(C)C(CN)c1cccnc1. The zero-order chi connectivity index (χ0) is 14.3. The number of hydrogen-bond donors (Lipinski definition) is 2. The van der Waals surface area contributed by atoms with Crippen molar-refractivity contribution in [2.24, 2.45) is 11.7 Å². The van der Waals surface area contributed by atoms with Gasteiger partial charge in [-0.05, 0) is 24.6 Å². The molecule has 0 aromatic carbocycles. The van der Waals surface area contributed by atoms with E-state index in [-0.39, 0.29) is 11.9 Å². The van der Waals surface area contributed by atoms with Gasteiger partial charge in [0.2, 0.25) is 5.91 Å². The highest BCUT2D eigenvalue weighted by molar-refractivity contribution is 5.78. The van der Waals surface area contributed by atoms with Crippen LogP contribution < -0.4 is 11.1 Å². The van der Waals surface area contributed by atoms with Gasteiger partial charge in [-0.25, -0.2) is 0 Å². The Morgan fingerprint density at radius 2 is 2.26 bits per heavy atom. The molecule has 1 rings (SSSR count). The second-order valence-electron chi connectivity index (χ2n) is 5.15. The summed E-state index contributed by atoms with van der Waals surface area (Å²) < 4.78 is 0. The lowest BCUT2D eigenvalue weighted by atomic mass is 10.1. The highest BCUT2D eigenvalue weighted by Crippen LogP contribution is 2.16. The maximum atomic E-state index is 11.8. The molecule has 5 nitrogen and oxygen atoms in total. The fourth-order valence-electron chi connectivity index (χ4n) is 1.85. The van der Waals surface area contributed by atoms with Crippen LogP contribution in [0.3, 0.4) is 0 Å². The number of nitrogens with one attached hydrogen (secondary N) is 1. The molecule has 0 saturated carbocycles. The van der Waals surface area contributed by atoms with E-state index in [0.29, 0.717) is 25.6 Å². The van der Waals surface area contributed by atoms with Crippen LogP contribution in [0.4, 0.5) is 0 Å². The van der Waals surface area contributed by atoms with Gasteiger partial charge in [-0.3, -0.25) is 14.7 Å². The van der Waals surface area contributed by atoms with Crippen molar-refractivity contribution in [3.05, 3.63) is 30.1 Å². The van der Waals surface area contributed by atoms with Crippen molar-refractivity contribution in [2.45, 2.75) is 19.9 Å².